The Kier molecular flexibility index (Phi) is 2.22. The van der Waals surface area contributed by atoms with E-state index >= 15 is 0 Å². The molecule has 0 fully saturated rings. The van der Waals surface area contributed by atoms with Crippen LogP contribution in [0.4, 0.5) is 0 Å². The largest absolute Gasteiger partial charge is 0.415 e. The second-order valence-electron chi connectivity index (χ2n) is 3.71. The minimum absolute atomic E-state index is 0.424. The molecule has 0 aliphatic carbocycles. The van der Waals surface area contributed by atoms with Crippen LogP contribution in [0.5, 0.6) is 0 Å². The molecule has 5 heteroatoms. The number of aromatic nitrogens is 4. The molecule has 3 rings (SSSR count). The Morgan fingerprint density at radius 3 is 2.53 bits per heavy atom. The summed E-state index contributed by atoms with van der Waals surface area (Å²) in [4.78, 5) is 0. The molecule has 0 unspecified atom stereocenters. The molecule has 0 saturated heterocycles. The number of hydrogen-bond donors (Lipinski definition) is 1. The minimum Gasteiger partial charge on any atom is -0.415 e. The van der Waals surface area contributed by atoms with Gasteiger partial charge in [0.1, 0.15) is 5.69 Å². The molecule has 3 aromatic rings. The van der Waals surface area contributed by atoms with Gasteiger partial charge in [0.25, 0.3) is 5.89 Å². The van der Waals surface area contributed by atoms with Crippen LogP contribution in [0.2, 0.25) is 0 Å². The number of nitrogens with one attached hydrogen (secondary N) is 1. The van der Waals surface area contributed by atoms with Gasteiger partial charge in [0, 0.05) is 11.3 Å². The van der Waals surface area contributed by atoms with Crippen LogP contribution >= 0.6 is 0 Å². The van der Waals surface area contributed by atoms with Gasteiger partial charge < -0.3 is 4.42 Å². The zero-order valence-electron chi connectivity index (χ0n) is 9.21. The van der Waals surface area contributed by atoms with Crippen LogP contribution in [0.15, 0.2) is 40.8 Å². The third-order valence-corrected chi connectivity index (χ3v) is 2.37. The van der Waals surface area contributed by atoms with E-state index in [4.69, 9.17) is 4.42 Å². The van der Waals surface area contributed by atoms with E-state index in [1.807, 2.05) is 43.3 Å². The first kappa shape index (κ1) is 9.77. The van der Waals surface area contributed by atoms with Crippen LogP contribution in [-0.4, -0.2) is 20.4 Å². The minimum atomic E-state index is 0.424. The van der Waals surface area contributed by atoms with Crippen molar-refractivity contribution in [3.63, 3.8) is 0 Å². The second kappa shape index (κ2) is 3.86. The van der Waals surface area contributed by atoms with Crippen molar-refractivity contribution in [3.8, 4) is 23.0 Å². The highest BCUT2D eigenvalue weighted by atomic mass is 16.4. The Labute approximate surface area is 97.5 Å². The zero-order valence-corrected chi connectivity index (χ0v) is 9.21. The lowest BCUT2D eigenvalue weighted by Gasteiger charge is -1.91. The summed E-state index contributed by atoms with van der Waals surface area (Å²) in [7, 11) is 0. The monoisotopic (exact) mass is 226 g/mol. The van der Waals surface area contributed by atoms with E-state index in [0.717, 1.165) is 11.3 Å². The van der Waals surface area contributed by atoms with Gasteiger partial charge in [-0.1, -0.05) is 18.2 Å². The summed E-state index contributed by atoms with van der Waals surface area (Å²) in [5.74, 6) is 0.925. The smallest absolute Gasteiger partial charge is 0.268 e. The van der Waals surface area contributed by atoms with Gasteiger partial charge in [-0.3, -0.25) is 5.10 Å². The molecular weight excluding hydrogens is 216 g/mol. The molecule has 0 amide bonds. The highest BCUT2D eigenvalue weighted by molar-refractivity contribution is 5.55. The quantitative estimate of drug-likeness (QED) is 0.728. The van der Waals surface area contributed by atoms with Crippen LogP contribution in [0.25, 0.3) is 23.0 Å². The molecule has 0 bridgehead atoms. The number of benzene rings is 1. The Morgan fingerprint density at radius 2 is 1.82 bits per heavy atom. The molecule has 0 spiro atoms. The molecule has 1 aromatic carbocycles. The zero-order chi connectivity index (χ0) is 11.7. The van der Waals surface area contributed by atoms with Gasteiger partial charge in [-0.15, -0.1) is 10.2 Å². The van der Waals surface area contributed by atoms with E-state index in [0.29, 0.717) is 17.5 Å². The van der Waals surface area contributed by atoms with Crippen molar-refractivity contribution in [2.45, 2.75) is 6.92 Å². The molecule has 5 nitrogen and oxygen atoms in total. The lowest BCUT2D eigenvalue weighted by Crippen LogP contribution is -1.77. The maximum absolute atomic E-state index is 5.56. The van der Waals surface area contributed by atoms with Gasteiger partial charge in [0.15, 0.2) is 0 Å². The fraction of sp³-hybridized carbons (Fsp3) is 0.0833. The van der Waals surface area contributed by atoms with Crippen molar-refractivity contribution in [2.24, 2.45) is 0 Å². The molecular formula is C12H10N4O. The number of hydrogen-bond acceptors (Lipinski definition) is 4. The predicted octanol–water partition coefficient (Wildman–Crippen LogP) is 2.44. The van der Waals surface area contributed by atoms with E-state index < -0.39 is 0 Å². The summed E-state index contributed by atoms with van der Waals surface area (Å²) >= 11 is 0. The number of H-pyrrole nitrogens is 1. The number of aryl methyl sites for hydroxylation is 1. The summed E-state index contributed by atoms with van der Waals surface area (Å²) in [5, 5.41) is 14.9. The van der Waals surface area contributed by atoms with Crippen molar-refractivity contribution < 1.29 is 4.42 Å². The van der Waals surface area contributed by atoms with Crippen LogP contribution in [0, 0.1) is 6.92 Å². The van der Waals surface area contributed by atoms with Gasteiger partial charge in [-0.05, 0) is 25.1 Å². The standard InChI is InChI=1S/C12H10N4O/c1-8-7-10(14-13-8)12-16-15-11(17-12)9-5-3-2-4-6-9/h2-7H,1H3,(H,13,14). The molecule has 2 heterocycles. The van der Waals surface area contributed by atoms with E-state index in [9.17, 15) is 0 Å². The van der Waals surface area contributed by atoms with Gasteiger partial charge in [-0.2, -0.15) is 5.10 Å². The molecule has 1 N–H and O–H groups in total. The Balaban J connectivity index is 1.99. The first-order chi connectivity index (χ1) is 8.33. The first-order valence-electron chi connectivity index (χ1n) is 5.24. The van der Waals surface area contributed by atoms with Crippen molar-refractivity contribution in [3.05, 3.63) is 42.1 Å². The molecule has 0 aliphatic rings. The summed E-state index contributed by atoms with van der Waals surface area (Å²) in [6.07, 6.45) is 0. The van der Waals surface area contributed by atoms with E-state index in [2.05, 4.69) is 20.4 Å². The van der Waals surface area contributed by atoms with E-state index in [-0.39, 0.29) is 0 Å². The first-order valence-corrected chi connectivity index (χ1v) is 5.24. The van der Waals surface area contributed by atoms with Crippen molar-refractivity contribution in [1.29, 1.82) is 0 Å². The highest BCUT2D eigenvalue weighted by Crippen LogP contribution is 2.22. The molecule has 0 aliphatic heterocycles. The number of rotatable bonds is 2. The Hall–Kier alpha value is -2.43. The lowest BCUT2D eigenvalue weighted by molar-refractivity contribution is 0.582. The third-order valence-electron chi connectivity index (χ3n) is 2.37. The van der Waals surface area contributed by atoms with Crippen molar-refractivity contribution >= 4 is 0 Å². The van der Waals surface area contributed by atoms with Gasteiger partial charge in [0.05, 0.1) is 0 Å². The van der Waals surface area contributed by atoms with Gasteiger partial charge >= 0.3 is 0 Å². The van der Waals surface area contributed by atoms with Crippen LogP contribution in [0.3, 0.4) is 0 Å². The normalized spacial score (nSPS) is 10.6. The summed E-state index contributed by atoms with van der Waals surface area (Å²) in [6, 6.07) is 11.5. The Morgan fingerprint density at radius 1 is 1.06 bits per heavy atom. The van der Waals surface area contributed by atoms with Crippen LogP contribution in [0.1, 0.15) is 5.69 Å². The maximum Gasteiger partial charge on any atom is 0.268 e. The van der Waals surface area contributed by atoms with E-state index in [1.165, 1.54) is 0 Å². The van der Waals surface area contributed by atoms with Crippen LogP contribution in [-0.2, 0) is 0 Å². The van der Waals surface area contributed by atoms with Crippen molar-refractivity contribution in [1.82, 2.24) is 20.4 Å². The van der Waals surface area contributed by atoms with Gasteiger partial charge in [-0.25, -0.2) is 0 Å². The second-order valence-corrected chi connectivity index (χ2v) is 3.71. The molecule has 17 heavy (non-hydrogen) atoms. The SMILES string of the molecule is Cc1cc(-c2nnc(-c3ccccc3)o2)n[nH]1. The number of aromatic amines is 1. The highest BCUT2D eigenvalue weighted by Gasteiger charge is 2.12. The summed E-state index contributed by atoms with van der Waals surface area (Å²) < 4.78 is 5.56. The fourth-order valence-electron chi connectivity index (χ4n) is 1.55. The average molecular weight is 226 g/mol. The predicted molar refractivity (Wildman–Crippen MR) is 62.1 cm³/mol. The molecule has 2 aromatic heterocycles. The van der Waals surface area contributed by atoms with Crippen LogP contribution < -0.4 is 0 Å². The lowest BCUT2D eigenvalue weighted by atomic mass is 10.2. The topological polar surface area (TPSA) is 67.6 Å². The summed E-state index contributed by atoms with van der Waals surface area (Å²) in [6.45, 7) is 1.92. The third kappa shape index (κ3) is 1.82. The fourth-order valence-corrected chi connectivity index (χ4v) is 1.55. The average Bonchev–Trinajstić information content (AvgIpc) is 2.98. The molecule has 0 saturated carbocycles. The summed E-state index contributed by atoms with van der Waals surface area (Å²) in [5.41, 5.74) is 2.52. The molecule has 0 atom stereocenters. The number of nitrogens with zero attached hydrogens (tertiary/aromatic N) is 3. The molecule has 0 radical (unpaired) electrons. The van der Waals surface area contributed by atoms with E-state index in [1.54, 1.807) is 0 Å². The maximum atomic E-state index is 5.56. The van der Waals surface area contributed by atoms with Crippen molar-refractivity contribution in [2.75, 3.05) is 0 Å². The van der Waals surface area contributed by atoms with Gasteiger partial charge in [0.2, 0.25) is 5.89 Å². The Bertz CT molecular complexity index is 627. The molecule has 84 valence electrons.